The third-order valence-corrected chi connectivity index (χ3v) is 3.75. The van der Waals surface area contributed by atoms with E-state index >= 15 is 0 Å². The summed E-state index contributed by atoms with van der Waals surface area (Å²) in [4.78, 5) is 0. The van der Waals surface area contributed by atoms with Crippen molar-refractivity contribution in [3.05, 3.63) is 51.5 Å². The molecule has 0 aliphatic rings. The lowest BCUT2D eigenvalue weighted by molar-refractivity contribution is 0.310. The zero-order valence-electron chi connectivity index (χ0n) is 12.0. The monoisotopic (exact) mass is 369 g/mol. The second-order valence-electron chi connectivity index (χ2n) is 4.40. The minimum atomic E-state index is 0.603. The molecule has 5 heteroatoms. The number of nitrogens with one attached hydrogen (secondary N) is 1. The first kappa shape index (κ1) is 16.0. The normalized spacial score (nSPS) is 10.3. The third kappa shape index (κ3) is 4.29. The Kier molecular flexibility index (Phi) is 5.76. The van der Waals surface area contributed by atoms with Gasteiger partial charge in [0.1, 0.15) is 0 Å². The highest BCUT2D eigenvalue weighted by molar-refractivity contribution is 9.10. The molecule has 0 aromatic heterocycles. The molecular weight excluding hydrogens is 354 g/mol. The minimum Gasteiger partial charge on any atom is -0.493 e. The van der Waals surface area contributed by atoms with Crippen LogP contribution in [0, 0.1) is 0 Å². The van der Waals surface area contributed by atoms with E-state index in [4.69, 9.17) is 21.1 Å². The zero-order valence-corrected chi connectivity index (χ0v) is 14.3. The third-order valence-electron chi connectivity index (χ3n) is 2.94. The second kappa shape index (κ2) is 7.57. The molecule has 0 aliphatic carbocycles. The molecule has 0 bridgehead atoms. The number of halogens is 2. The van der Waals surface area contributed by atoms with Crippen molar-refractivity contribution < 1.29 is 9.47 Å². The Morgan fingerprint density at radius 1 is 1.14 bits per heavy atom. The van der Waals surface area contributed by atoms with Gasteiger partial charge in [-0.05, 0) is 42.8 Å². The van der Waals surface area contributed by atoms with Crippen LogP contribution in [0.1, 0.15) is 12.5 Å². The zero-order chi connectivity index (χ0) is 15.2. The fraction of sp³-hybridized carbons (Fsp3) is 0.250. The van der Waals surface area contributed by atoms with Crippen molar-refractivity contribution in [3.8, 4) is 11.5 Å². The van der Waals surface area contributed by atoms with E-state index in [0.29, 0.717) is 18.2 Å². The molecule has 0 heterocycles. The molecule has 21 heavy (non-hydrogen) atoms. The first-order chi connectivity index (χ1) is 10.1. The average molecular weight is 371 g/mol. The first-order valence-electron chi connectivity index (χ1n) is 6.62. The Labute approximate surface area is 138 Å². The van der Waals surface area contributed by atoms with Crippen molar-refractivity contribution in [2.24, 2.45) is 0 Å². The molecule has 0 amide bonds. The van der Waals surface area contributed by atoms with E-state index in [1.807, 2.05) is 43.3 Å². The summed E-state index contributed by atoms with van der Waals surface area (Å²) in [5.41, 5.74) is 1.99. The highest BCUT2D eigenvalue weighted by Gasteiger charge is 2.06. The van der Waals surface area contributed by atoms with Crippen LogP contribution in [0.5, 0.6) is 11.5 Å². The Bertz CT molecular complexity index is 619. The molecule has 2 aromatic carbocycles. The largest absolute Gasteiger partial charge is 0.493 e. The van der Waals surface area contributed by atoms with Crippen molar-refractivity contribution in [2.75, 3.05) is 19.0 Å². The van der Waals surface area contributed by atoms with Crippen LogP contribution < -0.4 is 14.8 Å². The van der Waals surface area contributed by atoms with Crippen molar-refractivity contribution >= 4 is 33.2 Å². The van der Waals surface area contributed by atoms with E-state index in [0.717, 1.165) is 27.2 Å². The molecule has 1 N–H and O–H groups in total. The van der Waals surface area contributed by atoms with Gasteiger partial charge >= 0.3 is 0 Å². The van der Waals surface area contributed by atoms with Gasteiger partial charge in [0.15, 0.2) is 11.5 Å². The molecule has 0 atom stereocenters. The summed E-state index contributed by atoms with van der Waals surface area (Å²) in [6.07, 6.45) is 0. The summed E-state index contributed by atoms with van der Waals surface area (Å²) in [7, 11) is 1.64. The van der Waals surface area contributed by atoms with Crippen LogP contribution in [0.3, 0.4) is 0 Å². The van der Waals surface area contributed by atoms with E-state index in [2.05, 4.69) is 21.2 Å². The number of ether oxygens (including phenoxy) is 2. The Morgan fingerprint density at radius 2 is 1.95 bits per heavy atom. The van der Waals surface area contributed by atoms with Crippen molar-refractivity contribution in [1.82, 2.24) is 0 Å². The van der Waals surface area contributed by atoms with Gasteiger partial charge < -0.3 is 14.8 Å². The van der Waals surface area contributed by atoms with Crippen LogP contribution in [0.15, 0.2) is 40.9 Å². The summed E-state index contributed by atoms with van der Waals surface area (Å²) in [5, 5.41) is 4.00. The summed E-state index contributed by atoms with van der Waals surface area (Å²) in [6.45, 7) is 3.21. The summed E-state index contributed by atoms with van der Waals surface area (Å²) in [5.74, 6) is 1.49. The SMILES string of the molecule is CCOc1cc(CNc2ccc(Br)cc2Cl)ccc1OC. The Hall–Kier alpha value is -1.39. The molecule has 0 spiro atoms. The van der Waals surface area contributed by atoms with Crippen LogP contribution >= 0.6 is 27.5 Å². The van der Waals surface area contributed by atoms with Crippen LogP contribution in [0.2, 0.25) is 5.02 Å². The van der Waals surface area contributed by atoms with Crippen LogP contribution in [0.4, 0.5) is 5.69 Å². The quantitative estimate of drug-likeness (QED) is 0.765. The summed E-state index contributed by atoms with van der Waals surface area (Å²) >= 11 is 9.58. The lowest BCUT2D eigenvalue weighted by Gasteiger charge is -2.13. The molecule has 0 unspecified atom stereocenters. The average Bonchev–Trinajstić information content (AvgIpc) is 2.47. The van der Waals surface area contributed by atoms with Gasteiger partial charge in [0, 0.05) is 11.0 Å². The predicted octanol–water partition coefficient (Wildman–Crippen LogP) is 5.12. The van der Waals surface area contributed by atoms with Gasteiger partial charge in [0.25, 0.3) is 0 Å². The van der Waals surface area contributed by atoms with Crippen LogP contribution in [0.25, 0.3) is 0 Å². The van der Waals surface area contributed by atoms with Crippen molar-refractivity contribution in [3.63, 3.8) is 0 Å². The van der Waals surface area contributed by atoms with Gasteiger partial charge in [-0.2, -0.15) is 0 Å². The molecule has 0 saturated heterocycles. The highest BCUT2D eigenvalue weighted by atomic mass is 79.9. The van der Waals surface area contributed by atoms with Gasteiger partial charge in [-0.1, -0.05) is 33.6 Å². The number of hydrogen-bond donors (Lipinski definition) is 1. The summed E-state index contributed by atoms with van der Waals surface area (Å²) in [6, 6.07) is 11.6. The van der Waals surface area contributed by atoms with Gasteiger partial charge in [-0.15, -0.1) is 0 Å². The van der Waals surface area contributed by atoms with Crippen LogP contribution in [-0.2, 0) is 6.54 Å². The van der Waals surface area contributed by atoms with Crippen molar-refractivity contribution in [1.29, 1.82) is 0 Å². The maximum absolute atomic E-state index is 6.19. The van der Waals surface area contributed by atoms with Gasteiger partial charge in [0.2, 0.25) is 0 Å². The second-order valence-corrected chi connectivity index (χ2v) is 5.72. The number of anilines is 1. The maximum atomic E-state index is 6.19. The lowest BCUT2D eigenvalue weighted by Crippen LogP contribution is -2.02. The molecular formula is C16H17BrClNO2. The smallest absolute Gasteiger partial charge is 0.161 e. The van der Waals surface area contributed by atoms with E-state index in [-0.39, 0.29) is 0 Å². The van der Waals surface area contributed by atoms with E-state index in [1.54, 1.807) is 7.11 Å². The highest BCUT2D eigenvalue weighted by Crippen LogP contribution is 2.29. The van der Waals surface area contributed by atoms with E-state index in [1.165, 1.54) is 0 Å². The van der Waals surface area contributed by atoms with Crippen molar-refractivity contribution in [2.45, 2.75) is 13.5 Å². The molecule has 2 rings (SSSR count). The molecule has 0 fully saturated rings. The predicted molar refractivity (Wildman–Crippen MR) is 90.6 cm³/mol. The molecule has 0 radical (unpaired) electrons. The molecule has 0 saturated carbocycles. The number of methoxy groups -OCH3 is 1. The topological polar surface area (TPSA) is 30.5 Å². The van der Waals surface area contributed by atoms with Crippen LogP contribution in [-0.4, -0.2) is 13.7 Å². The standard InChI is InChI=1S/C16H17BrClNO2/c1-3-21-16-8-11(4-7-15(16)20-2)10-19-14-6-5-12(17)9-13(14)18/h4-9,19H,3,10H2,1-2H3. The Morgan fingerprint density at radius 3 is 2.62 bits per heavy atom. The van der Waals surface area contributed by atoms with Gasteiger partial charge in [0.05, 0.1) is 24.4 Å². The minimum absolute atomic E-state index is 0.603. The van der Waals surface area contributed by atoms with E-state index < -0.39 is 0 Å². The Balaban J connectivity index is 2.10. The molecule has 3 nitrogen and oxygen atoms in total. The van der Waals surface area contributed by atoms with Gasteiger partial charge in [-0.3, -0.25) is 0 Å². The first-order valence-corrected chi connectivity index (χ1v) is 7.79. The molecule has 112 valence electrons. The number of benzene rings is 2. The fourth-order valence-corrected chi connectivity index (χ4v) is 2.67. The molecule has 2 aromatic rings. The van der Waals surface area contributed by atoms with Gasteiger partial charge in [-0.25, -0.2) is 0 Å². The fourth-order valence-electron chi connectivity index (χ4n) is 1.93. The van der Waals surface area contributed by atoms with E-state index in [9.17, 15) is 0 Å². The number of hydrogen-bond acceptors (Lipinski definition) is 3. The summed E-state index contributed by atoms with van der Waals surface area (Å²) < 4.78 is 11.8. The lowest BCUT2D eigenvalue weighted by atomic mass is 10.2. The maximum Gasteiger partial charge on any atom is 0.161 e. The molecule has 0 aliphatic heterocycles. The number of rotatable bonds is 6.